The molecule has 0 bridgehead atoms. The number of nitrogens with two attached hydrogens (primary N) is 1. The van der Waals surface area contributed by atoms with E-state index >= 15 is 0 Å². The maximum Gasteiger partial charge on any atom is 0.264 e. The van der Waals surface area contributed by atoms with Gasteiger partial charge in [0.1, 0.15) is 0 Å². The van der Waals surface area contributed by atoms with Crippen molar-refractivity contribution in [1.82, 2.24) is 14.3 Å². The molecule has 1 fully saturated rings. The number of carbonyl (C=O) groups excluding carboxylic acids is 1. The average molecular weight is 497 g/mol. The second-order valence-corrected chi connectivity index (χ2v) is 10.3. The first-order chi connectivity index (χ1) is 17.0. The van der Waals surface area contributed by atoms with E-state index in [4.69, 9.17) is 5.73 Å². The second kappa shape index (κ2) is 10.5. The quantitative estimate of drug-likeness (QED) is 0.214. The lowest BCUT2D eigenvalue weighted by molar-refractivity contribution is 0.0977. The zero-order valence-electron chi connectivity index (χ0n) is 19.7. The Morgan fingerprint density at radius 3 is 2.69 bits per heavy atom. The predicted octanol–water partition coefficient (Wildman–Crippen LogP) is 6.45. The molecule has 8 heteroatoms. The van der Waals surface area contributed by atoms with Crippen LogP contribution in [0.1, 0.15) is 66.4 Å². The summed E-state index contributed by atoms with van der Waals surface area (Å²) in [6.45, 7) is 3.67. The number of ketones is 1. The van der Waals surface area contributed by atoms with E-state index in [9.17, 15) is 13.6 Å². The average Bonchev–Trinajstić information content (AvgIpc) is 3.44. The van der Waals surface area contributed by atoms with Crippen LogP contribution in [0.4, 0.5) is 8.78 Å². The Labute approximate surface area is 207 Å². The number of piperidine rings is 1. The van der Waals surface area contributed by atoms with Gasteiger partial charge in [0.2, 0.25) is 0 Å². The summed E-state index contributed by atoms with van der Waals surface area (Å²) in [7, 11) is 0. The van der Waals surface area contributed by atoms with E-state index < -0.39 is 6.43 Å². The number of rotatable bonds is 9. The van der Waals surface area contributed by atoms with Crippen molar-refractivity contribution in [1.29, 1.82) is 0 Å². The minimum absolute atomic E-state index is 0.0591. The molecule has 0 saturated carbocycles. The normalized spacial score (nSPS) is 15.0. The molecule has 3 heterocycles. The molecule has 2 aromatic heterocycles. The van der Waals surface area contributed by atoms with Gasteiger partial charge in [-0.2, -0.15) is 0 Å². The number of nitrogens with zero attached hydrogens (tertiary/aromatic N) is 3. The number of hydrogen-bond acceptors (Lipinski definition) is 5. The highest BCUT2D eigenvalue weighted by molar-refractivity contribution is 7.23. The van der Waals surface area contributed by atoms with Crippen LogP contribution in [0.5, 0.6) is 0 Å². The number of benzene rings is 2. The molecule has 0 aliphatic carbocycles. The van der Waals surface area contributed by atoms with Crippen molar-refractivity contribution in [3.8, 4) is 11.3 Å². The first kappa shape index (κ1) is 24.0. The van der Waals surface area contributed by atoms with Gasteiger partial charge < -0.3 is 10.6 Å². The summed E-state index contributed by atoms with van der Waals surface area (Å²) in [4.78, 5) is 20.6. The summed E-state index contributed by atoms with van der Waals surface area (Å²) in [5, 5.41) is 0. The molecular formula is C27H30F2N4OS. The third-order valence-corrected chi connectivity index (χ3v) is 7.87. The highest BCUT2D eigenvalue weighted by Gasteiger charge is 2.19. The summed E-state index contributed by atoms with van der Waals surface area (Å²) >= 11 is 1.46. The van der Waals surface area contributed by atoms with Gasteiger partial charge in [0.25, 0.3) is 6.43 Å². The number of halogens is 2. The first-order valence-electron chi connectivity index (χ1n) is 12.3. The number of hydrogen-bond donors (Lipinski definition) is 1. The van der Waals surface area contributed by atoms with Crippen LogP contribution in [0.2, 0.25) is 0 Å². The maximum absolute atomic E-state index is 13.7. The van der Waals surface area contributed by atoms with Crippen molar-refractivity contribution in [3.05, 3.63) is 59.3 Å². The van der Waals surface area contributed by atoms with Gasteiger partial charge >= 0.3 is 0 Å². The van der Waals surface area contributed by atoms with Crippen LogP contribution in [0.15, 0.2) is 42.6 Å². The lowest BCUT2D eigenvalue weighted by Gasteiger charge is -2.26. The van der Waals surface area contributed by atoms with Crippen molar-refractivity contribution in [3.63, 3.8) is 0 Å². The Hall–Kier alpha value is -2.68. The van der Waals surface area contributed by atoms with Crippen LogP contribution < -0.4 is 5.73 Å². The molecule has 1 aliphatic rings. The lowest BCUT2D eigenvalue weighted by Crippen LogP contribution is -2.30. The van der Waals surface area contributed by atoms with Gasteiger partial charge in [0, 0.05) is 35.9 Å². The van der Waals surface area contributed by atoms with E-state index in [1.807, 2.05) is 22.6 Å². The van der Waals surface area contributed by atoms with Crippen LogP contribution >= 0.6 is 11.3 Å². The molecule has 35 heavy (non-hydrogen) atoms. The van der Waals surface area contributed by atoms with E-state index in [1.54, 1.807) is 18.3 Å². The van der Waals surface area contributed by atoms with Gasteiger partial charge in [0.05, 0.1) is 15.9 Å². The molecule has 1 saturated heterocycles. The van der Waals surface area contributed by atoms with Gasteiger partial charge in [-0.05, 0) is 75.1 Å². The molecular weight excluding hydrogens is 466 g/mol. The number of Topliss-reactive ketones (excluding diaryl/α,β-unsaturated/α-hetero) is 1. The summed E-state index contributed by atoms with van der Waals surface area (Å²) < 4.78 is 30.2. The van der Waals surface area contributed by atoms with Crippen molar-refractivity contribution in [2.45, 2.75) is 51.5 Å². The van der Waals surface area contributed by atoms with Gasteiger partial charge in [-0.15, -0.1) is 0 Å². The van der Waals surface area contributed by atoms with Gasteiger partial charge in [-0.1, -0.05) is 29.9 Å². The standard InChI is InChI=1S/C27H30F2N4OS/c28-26(29)21-14-18(16-30)7-9-20(21)22-17-33-23-10-8-19(15-25(23)35-27(33)31-22)24(34)6-2-5-13-32-11-3-1-4-12-32/h7-10,14-15,17,26H,1-6,11-13,16,30H2. The minimum Gasteiger partial charge on any atom is -0.326 e. The molecule has 0 atom stereocenters. The number of imidazole rings is 1. The molecule has 1 aliphatic heterocycles. The molecule has 5 nitrogen and oxygen atoms in total. The number of thiazole rings is 1. The first-order valence-corrected chi connectivity index (χ1v) is 13.1. The van der Waals surface area contributed by atoms with Crippen LogP contribution in [-0.2, 0) is 6.54 Å². The number of alkyl halides is 2. The number of likely N-dealkylation sites (tertiary alicyclic amines) is 1. The van der Waals surface area contributed by atoms with Crippen LogP contribution in [0.25, 0.3) is 26.4 Å². The fourth-order valence-corrected chi connectivity index (χ4v) is 5.95. The van der Waals surface area contributed by atoms with Crippen LogP contribution in [0.3, 0.4) is 0 Å². The fraction of sp³-hybridized carbons (Fsp3) is 0.407. The largest absolute Gasteiger partial charge is 0.326 e. The highest BCUT2D eigenvalue weighted by atomic mass is 32.1. The van der Waals surface area contributed by atoms with E-state index in [0.717, 1.165) is 35.2 Å². The summed E-state index contributed by atoms with van der Waals surface area (Å²) in [5.41, 5.74) is 8.79. The smallest absolute Gasteiger partial charge is 0.264 e. The summed E-state index contributed by atoms with van der Waals surface area (Å²) in [6.07, 6.45) is 5.61. The molecule has 0 spiro atoms. The van der Waals surface area contributed by atoms with Crippen molar-refractivity contribution < 1.29 is 13.6 Å². The maximum atomic E-state index is 13.7. The Balaban J connectivity index is 1.31. The SMILES string of the molecule is NCc1ccc(-c2cn3c(n2)sc2cc(C(=O)CCCCN4CCCCC4)ccc23)c(C(F)F)c1. The van der Waals surface area contributed by atoms with E-state index in [-0.39, 0.29) is 17.9 Å². The van der Waals surface area contributed by atoms with Crippen LogP contribution in [-0.4, -0.2) is 39.7 Å². The Bertz CT molecular complexity index is 1340. The zero-order chi connectivity index (χ0) is 24.4. The Morgan fingerprint density at radius 2 is 1.91 bits per heavy atom. The summed E-state index contributed by atoms with van der Waals surface area (Å²) in [6, 6.07) is 10.6. The van der Waals surface area contributed by atoms with Crippen molar-refractivity contribution in [2.24, 2.45) is 5.73 Å². The number of aromatic nitrogens is 2. The molecule has 4 aromatic rings. The van der Waals surface area contributed by atoms with Crippen LogP contribution in [0, 0.1) is 0 Å². The number of fused-ring (bicyclic) bond motifs is 3. The molecule has 0 unspecified atom stereocenters. The molecule has 0 amide bonds. The molecule has 2 aromatic carbocycles. The minimum atomic E-state index is -2.61. The number of unbranched alkanes of at least 4 members (excludes halogenated alkanes) is 1. The Kier molecular flexibility index (Phi) is 7.22. The third-order valence-electron chi connectivity index (χ3n) is 6.86. The molecule has 5 rings (SSSR count). The number of carbonyl (C=O) groups is 1. The van der Waals surface area contributed by atoms with E-state index in [1.165, 1.54) is 49.8 Å². The van der Waals surface area contributed by atoms with Crippen molar-refractivity contribution in [2.75, 3.05) is 19.6 Å². The van der Waals surface area contributed by atoms with Gasteiger partial charge in [-0.3, -0.25) is 9.20 Å². The fourth-order valence-electron chi connectivity index (χ4n) is 4.91. The zero-order valence-corrected chi connectivity index (χ0v) is 20.5. The van der Waals surface area contributed by atoms with Gasteiger partial charge in [0.15, 0.2) is 10.7 Å². The topological polar surface area (TPSA) is 63.6 Å². The molecule has 0 radical (unpaired) electrons. The van der Waals surface area contributed by atoms with E-state index in [0.29, 0.717) is 28.2 Å². The van der Waals surface area contributed by atoms with E-state index in [2.05, 4.69) is 9.88 Å². The van der Waals surface area contributed by atoms with Crippen molar-refractivity contribution >= 4 is 32.3 Å². The second-order valence-electron chi connectivity index (χ2n) is 9.27. The lowest BCUT2D eigenvalue weighted by atomic mass is 10.0. The monoisotopic (exact) mass is 496 g/mol. The third kappa shape index (κ3) is 5.15. The predicted molar refractivity (Wildman–Crippen MR) is 137 cm³/mol. The summed E-state index contributed by atoms with van der Waals surface area (Å²) in [5.74, 6) is 0.166. The highest BCUT2D eigenvalue weighted by Crippen LogP contribution is 2.35. The molecule has 2 N–H and O–H groups in total. The Morgan fingerprint density at radius 1 is 1.09 bits per heavy atom. The molecule has 184 valence electrons. The van der Waals surface area contributed by atoms with Gasteiger partial charge in [-0.25, -0.2) is 13.8 Å².